The van der Waals surface area contributed by atoms with Gasteiger partial charge in [-0.05, 0) is 19.1 Å². The number of benzene rings is 1. The largest absolute Gasteiger partial charge is 0.497 e. The summed E-state index contributed by atoms with van der Waals surface area (Å²) in [5, 5.41) is 0. The van der Waals surface area contributed by atoms with E-state index in [1.165, 1.54) is 6.92 Å². The van der Waals surface area contributed by atoms with Crippen LogP contribution in [0, 0.1) is 0 Å². The number of esters is 1. The average Bonchev–Trinajstić information content (AvgIpc) is 2.37. The van der Waals surface area contributed by atoms with Crippen molar-refractivity contribution in [1.29, 1.82) is 0 Å². The molecule has 1 aliphatic heterocycles. The molecule has 0 aromatic heterocycles. The second kappa shape index (κ2) is 4.18. The lowest BCUT2D eigenvalue weighted by molar-refractivity contribution is -0.163. The molecule has 1 heterocycles. The lowest BCUT2D eigenvalue weighted by atomic mass is 9.89. The van der Waals surface area contributed by atoms with Crippen LogP contribution in [0.1, 0.15) is 12.5 Å². The molecular weight excluding hydrogens is 234 g/mol. The number of methoxy groups -OCH3 is 1. The molecule has 1 aromatic carbocycles. The summed E-state index contributed by atoms with van der Waals surface area (Å²) >= 11 is 0. The predicted molar refractivity (Wildman–Crippen MR) is 63.7 cm³/mol. The van der Waals surface area contributed by atoms with Gasteiger partial charge >= 0.3 is 5.97 Å². The third-order valence-electron chi connectivity index (χ3n) is 2.93. The van der Waals surface area contributed by atoms with E-state index in [-0.39, 0.29) is 11.5 Å². The number of carbonyl (C=O) groups excluding carboxylic acids is 2. The minimum atomic E-state index is -1.33. The molecule has 0 saturated carbocycles. The van der Waals surface area contributed by atoms with Crippen molar-refractivity contribution in [2.24, 2.45) is 5.73 Å². The molecule has 0 spiro atoms. The molecule has 5 nitrogen and oxygen atoms in total. The molecule has 94 valence electrons. The lowest BCUT2D eigenvalue weighted by Gasteiger charge is -2.30. The van der Waals surface area contributed by atoms with Crippen molar-refractivity contribution in [2.75, 3.05) is 7.11 Å². The lowest BCUT2D eigenvalue weighted by Crippen LogP contribution is -2.42. The molecule has 2 rings (SSSR count). The first-order valence-electron chi connectivity index (χ1n) is 5.37. The van der Waals surface area contributed by atoms with Crippen LogP contribution in [0.5, 0.6) is 5.75 Å². The van der Waals surface area contributed by atoms with Gasteiger partial charge in [0, 0.05) is 11.6 Å². The number of carbonyl (C=O) groups is 2. The number of nitrogens with two attached hydrogens (primary N) is 1. The Balaban J connectivity index is 2.42. The number of hydrogen-bond acceptors (Lipinski definition) is 5. The topological polar surface area (TPSA) is 78.6 Å². The minimum Gasteiger partial charge on any atom is -0.497 e. The Morgan fingerprint density at radius 1 is 1.22 bits per heavy atom. The summed E-state index contributed by atoms with van der Waals surface area (Å²) < 4.78 is 10.2. The normalized spacial score (nSPS) is 23.3. The van der Waals surface area contributed by atoms with Gasteiger partial charge in [0.15, 0.2) is 5.60 Å². The van der Waals surface area contributed by atoms with Gasteiger partial charge in [-0.25, -0.2) is 4.79 Å². The first-order chi connectivity index (χ1) is 8.47. The van der Waals surface area contributed by atoms with Crippen LogP contribution in [0.3, 0.4) is 0 Å². The number of cyclic esters (lactones) is 1. The van der Waals surface area contributed by atoms with Crippen LogP contribution in [0.15, 0.2) is 36.0 Å². The van der Waals surface area contributed by atoms with E-state index in [1.54, 1.807) is 31.4 Å². The van der Waals surface area contributed by atoms with Gasteiger partial charge in [0.05, 0.1) is 7.11 Å². The van der Waals surface area contributed by atoms with Crippen LogP contribution in [0.4, 0.5) is 0 Å². The number of ketones is 1. The zero-order valence-electron chi connectivity index (χ0n) is 10.1. The van der Waals surface area contributed by atoms with E-state index in [1.807, 2.05) is 0 Å². The van der Waals surface area contributed by atoms with Crippen LogP contribution in [0.25, 0.3) is 0 Å². The van der Waals surface area contributed by atoms with Crippen LogP contribution in [-0.2, 0) is 19.9 Å². The van der Waals surface area contributed by atoms with Gasteiger partial charge in [0.25, 0.3) is 0 Å². The highest BCUT2D eigenvalue weighted by atomic mass is 16.6. The van der Waals surface area contributed by atoms with E-state index in [0.29, 0.717) is 11.3 Å². The quantitative estimate of drug-likeness (QED) is 0.785. The highest BCUT2D eigenvalue weighted by molar-refractivity contribution is 6.08. The van der Waals surface area contributed by atoms with E-state index in [9.17, 15) is 9.59 Å². The van der Waals surface area contributed by atoms with E-state index in [4.69, 9.17) is 15.2 Å². The van der Waals surface area contributed by atoms with E-state index in [0.717, 1.165) is 6.08 Å². The number of hydrogen-bond donors (Lipinski definition) is 1. The Morgan fingerprint density at radius 3 is 2.39 bits per heavy atom. The Kier molecular flexibility index (Phi) is 2.82. The monoisotopic (exact) mass is 247 g/mol. The molecule has 1 aromatic rings. The Hall–Kier alpha value is -2.30. The predicted octanol–water partition coefficient (Wildman–Crippen LogP) is 0.879. The average molecular weight is 247 g/mol. The van der Waals surface area contributed by atoms with Crippen molar-refractivity contribution in [2.45, 2.75) is 12.5 Å². The second-order valence-corrected chi connectivity index (χ2v) is 4.12. The van der Waals surface area contributed by atoms with Gasteiger partial charge in [0.2, 0.25) is 5.78 Å². The molecule has 0 bridgehead atoms. The Labute approximate surface area is 104 Å². The fourth-order valence-electron chi connectivity index (χ4n) is 1.74. The van der Waals surface area contributed by atoms with Crippen molar-refractivity contribution in [3.05, 3.63) is 41.6 Å². The Morgan fingerprint density at radius 2 is 1.83 bits per heavy atom. The maximum absolute atomic E-state index is 12.0. The van der Waals surface area contributed by atoms with Crippen molar-refractivity contribution in [3.8, 4) is 5.75 Å². The summed E-state index contributed by atoms with van der Waals surface area (Å²) in [6.07, 6.45) is 1.11. The zero-order valence-corrected chi connectivity index (χ0v) is 10.1. The SMILES string of the molecule is COc1ccc(C2(C)OC(=O)C(N)=CC2=O)cc1. The third kappa shape index (κ3) is 1.84. The summed E-state index contributed by atoms with van der Waals surface area (Å²) in [6, 6.07) is 6.76. The molecule has 2 N–H and O–H groups in total. The molecule has 1 atom stereocenters. The first kappa shape index (κ1) is 12.2. The zero-order chi connectivity index (χ0) is 13.3. The van der Waals surface area contributed by atoms with E-state index < -0.39 is 11.6 Å². The second-order valence-electron chi connectivity index (χ2n) is 4.12. The van der Waals surface area contributed by atoms with Gasteiger partial charge in [0.1, 0.15) is 11.4 Å². The fourth-order valence-corrected chi connectivity index (χ4v) is 1.74. The highest BCUT2D eigenvalue weighted by Gasteiger charge is 2.42. The highest BCUT2D eigenvalue weighted by Crippen LogP contribution is 2.31. The molecular formula is C13H13NO4. The fraction of sp³-hybridized carbons (Fsp3) is 0.231. The molecule has 1 aliphatic rings. The van der Waals surface area contributed by atoms with Crippen molar-refractivity contribution in [1.82, 2.24) is 0 Å². The molecule has 0 aliphatic carbocycles. The Bertz CT molecular complexity index is 532. The standard InChI is InChI=1S/C13H13NO4/c1-13(8-3-5-9(17-2)6-4-8)11(15)7-10(14)12(16)18-13/h3-7H,14H2,1-2H3. The first-order valence-corrected chi connectivity index (χ1v) is 5.37. The van der Waals surface area contributed by atoms with Crippen molar-refractivity contribution < 1.29 is 19.1 Å². The number of ether oxygens (including phenoxy) is 2. The molecule has 5 heteroatoms. The summed E-state index contributed by atoms with van der Waals surface area (Å²) in [6.45, 7) is 1.54. The third-order valence-corrected chi connectivity index (χ3v) is 2.93. The molecule has 18 heavy (non-hydrogen) atoms. The molecule has 1 unspecified atom stereocenters. The maximum Gasteiger partial charge on any atom is 0.355 e. The molecule has 0 saturated heterocycles. The van der Waals surface area contributed by atoms with Gasteiger partial charge in [-0.15, -0.1) is 0 Å². The van der Waals surface area contributed by atoms with Crippen molar-refractivity contribution in [3.63, 3.8) is 0 Å². The summed E-state index contributed by atoms with van der Waals surface area (Å²) in [4.78, 5) is 23.4. The maximum atomic E-state index is 12.0. The van der Waals surface area contributed by atoms with Gasteiger partial charge in [-0.3, -0.25) is 4.79 Å². The smallest absolute Gasteiger partial charge is 0.355 e. The van der Waals surface area contributed by atoms with Crippen LogP contribution in [0.2, 0.25) is 0 Å². The van der Waals surface area contributed by atoms with Crippen LogP contribution < -0.4 is 10.5 Å². The molecule has 0 amide bonds. The van der Waals surface area contributed by atoms with Crippen molar-refractivity contribution >= 4 is 11.8 Å². The van der Waals surface area contributed by atoms with Gasteiger partial charge in [-0.2, -0.15) is 0 Å². The van der Waals surface area contributed by atoms with Crippen LogP contribution in [-0.4, -0.2) is 18.9 Å². The van der Waals surface area contributed by atoms with Crippen LogP contribution >= 0.6 is 0 Å². The van der Waals surface area contributed by atoms with E-state index in [2.05, 4.69) is 0 Å². The van der Waals surface area contributed by atoms with Gasteiger partial charge in [-0.1, -0.05) is 12.1 Å². The minimum absolute atomic E-state index is 0.175. The molecule has 0 fully saturated rings. The summed E-state index contributed by atoms with van der Waals surface area (Å²) in [7, 11) is 1.55. The summed E-state index contributed by atoms with van der Waals surface area (Å²) in [5.41, 5.74) is 4.43. The van der Waals surface area contributed by atoms with Gasteiger partial charge < -0.3 is 15.2 Å². The molecule has 0 radical (unpaired) electrons. The van der Waals surface area contributed by atoms with E-state index >= 15 is 0 Å². The number of rotatable bonds is 2. The summed E-state index contributed by atoms with van der Waals surface area (Å²) in [5.74, 6) is -0.385.